The second-order valence-corrected chi connectivity index (χ2v) is 7.80. The van der Waals surface area contributed by atoms with E-state index in [1.54, 1.807) is 30.0 Å². The average molecular weight is 393 g/mol. The van der Waals surface area contributed by atoms with Gasteiger partial charge >= 0.3 is 5.97 Å². The van der Waals surface area contributed by atoms with Gasteiger partial charge in [0, 0.05) is 30.1 Å². The maximum atomic E-state index is 13.9. The van der Waals surface area contributed by atoms with Crippen molar-refractivity contribution in [2.75, 3.05) is 13.7 Å². The molecule has 29 heavy (non-hydrogen) atoms. The number of aromatic nitrogens is 3. The van der Waals surface area contributed by atoms with Crippen LogP contribution in [-0.4, -0.2) is 34.5 Å². The number of benzene rings is 2. The molecule has 1 fully saturated rings. The molecular formula is C22H20FN3O3. The molecule has 0 N–H and O–H groups in total. The lowest BCUT2D eigenvalue weighted by molar-refractivity contribution is 0.0535. The summed E-state index contributed by atoms with van der Waals surface area (Å²) in [5.41, 5.74) is 2.90. The predicted octanol–water partition coefficient (Wildman–Crippen LogP) is 3.71. The number of ether oxygens (including phenoxy) is 2. The van der Waals surface area contributed by atoms with Gasteiger partial charge in [-0.15, -0.1) is 0 Å². The van der Waals surface area contributed by atoms with Crippen molar-refractivity contribution in [3.63, 3.8) is 0 Å². The molecule has 0 radical (unpaired) electrons. The number of carbonyl (C=O) groups excluding carboxylic acids is 1. The molecule has 0 amide bonds. The van der Waals surface area contributed by atoms with Gasteiger partial charge in [0.05, 0.1) is 17.9 Å². The lowest BCUT2D eigenvalue weighted by Crippen LogP contribution is -2.13. The molecule has 1 aliphatic carbocycles. The number of hydrogen-bond donors (Lipinski definition) is 0. The summed E-state index contributed by atoms with van der Waals surface area (Å²) in [5.74, 6) is 0.665. The monoisotopic (exact) mass is 393 g/mol. The number of methoxy groups -OCH3 is 1. The van der Waals surface area contributed by atoms with Gasteiger partial charge < -0.3 is 9.47 Å². The van der Waals surface area contributed by atoms with Crippen molar-refractivity contribution in [2.24, 2.45) is 5.41 Å². The van der Waals surface area contributed by atoms with Crippen molar-refractivity contribution >= 4 is 5.97 Å². The Morgan fingerprint density at radius 2 is 2.10 bits per heavy atom. The van der Waals surface area contributed by atoms with E-state index < -0.39 is 0 Å². The summed E-state index contributed by atoms with van der Waals surface area (Å²) in [6, 6.07) is 11.8. The van der Waals surface area contributed by atoms with Crippen molar-refractivity contribution in [1.29, 1.82) is 0 Å². The molecule has 0 spiro atoms. The Hall–Kier alpha value is -3.06. The molecular weight excluding hydrogens is 373 g/mol. The van der Waals surface area contributed by atoms with Crippen LogP contribution in [0.25, 0.3) is 17.1 Å². The lowest BCUT2D eigenvalue weighted by Gasteiger charge is -2.10. The minimum Gasteiger partial charge on any atom is -0.457 e. The van der Waals surface area contributed by atoms with Crippen LogP contribution in [0.5, 0.6) is 0 Å². The van der Waals surface area contributed by atoms with E-state index in [4.69, 9.17) is 19.6 Å². The van der Waals surface area contributed by atoms with E-state index in [0.29, 0.717) is 35.9 Å². The summed E-state index contributed by atoms with van der Waals surface area (Å²) >= 11 is 0. The molecule has 1 aliphatic heterocycles. The highest BCUT2D eigenvalue weighted by Gasteiger charge is 2.43. The van der Waals surface area contributed by atoms with Crippen molar-refractivity contribution in [3.8, 4) is 17.1 Å². The molecule has 0 atom stereocenters. The van der Waals surface area contributed by atoms with Gasteiger partial charge in [-0.05, 0) is 43.2 Å². The van der Waals surface area contributed by atoms with Crippen molar-refractivity contribution in [3.05, 3.63) is 65.2 Å². The number of carbonyl (C=O) groups is 1. The van der Waals surface area contributed by atoms with Gasteiger partial charge in [0.25, 0.3) is 0 Å². The summed E-state index contributed by atoms with van der Waals surface area (Å²) in [5, 5.41) is 4.70. The number of hydrogen-bond acceptors (Lipinski definition) is 5. The van der Waals surface area contributed by atoms with Crippen LogP contribution < -0.4 is 0 Å². The summed E-state index contributed by atoms with van der Waals surface area (Å²) in [6.07, 6.45) is 2.88. The van der Waals surface area contributed by atoms with Gasteiger partial charge in [0.2, 0.25) is 0 Å². The third kappa shape index (κ3) is 3.31. The van der Waals surface area contributed by atoms with Crippen LogP contribution >= 0.6 is 0 Å². The van der Waals surface area contributed by atoms with Crippen molar-refractivity contribution < 1.29 is 18.7 Å². The fourth-order valence-electron chi connectivity index (χ4n) is 3.87. The number of rotatable bonds is 6. The normalized spacial score (nSPS) is 16.6. The summed E-state index contributed by atoms with van der Waals surface area (Å²) < 4.78 is 26.0. The highest BCUT2D eigenvalue weighted by atomic mass is 19.1. The molecule has 0 unspecified atom stereocenters. The molecule has 2 aliphatic rings. The fourth-order valence-corrected chi connectivity index (χ4v) is 3.87. The molecule has 0 bridgehead atoms. The Bertz CT molecular complexity index is 1100. The SMILES string of the molecule is COCC1(Cc2nc(-c3ccc4c(c3)COC4=O)n(-c3cccc(F)c3)n2)CC1. The molecule has 148 valence electrons. The first-order chi connectivity index (χ1) is 14.1. The van der Waals surface area contributed by atoms with Gasteiger partial charge in [-0.3, -0.25) is 0 Å². The largest absolute Gasteiger partial charge is 0.457 e. The maximum absolute atomic E-state index is 13.9. The minimum atomic E-state index is -0.337. The maximum Gasteiger partial charge on any atom is 0.338 e. The van der Waals surface area contributed by atoms with E-state index in [1.807, 2.05) is 12.1 Å². The summed E-state index contributed by atoms with van der Waals surface area (Å²) in [6.45, 7) is 0.926. The van der Waals surface area contributed by atoms with Gasteiger partial charge in [-0.1, -0.05) is 12.1 Å². The number of fused-ring (bicyclic) bond motifs is 1. The molecule has 7 heteroatoms. The molecule has 3 aromatic rings. The van der Waals surface area contributed by atoms with Crippen LogP contribution in [0.1, 0.15) is 34.6 Å². The number of nitrogens with zero attached hydrogens (tertiary/aromatic N) is 3. The number of halogens is 1. The van der Waals surface area contributed by atoms with Crippen LogP contribution in [0.2, 0.25) is 0 Å². The van der Waals surface area contributed by atoms with E-state index in [-0.39, 0.29) is 23.8 Å². The zero-order valence-corrected chi connectivity index (χ0v) is 16.0. The lowest BCUT2D eigenvalue weighted by atomic mass is 10.0. The van der Waals surface area contributed by atoms with Gasteiger partial charge in [-0.25, -0.2) is 18.9 Å². The molecule has 6 nitrogen and oxygen atoms in total. The Morgan fingerprint density at radius 1 is 1.24 bits per heavy atom. The molecule has 2 aromatic carbocycles. The van der Waals surface area contributed by atoms with Gasteiger partial charge in [0.1, 0.15) is 12.4 Å². The van der Waals surface area contributed by atoms with Crippen LogP contribution in [-0.2, 0) is 22.5 Å². The molecule has 5 rings (SSSR count). The third-order valence-corrected chi connectivity index (χ3v) is 5.59. The van der Waals surface area contributed by atoms with E-state index in [9.17, 15) is 9.18 Å². The van der Waals surface area contributed by atoms with Gasteiger partial charge in [-0.2, -0.15) is 5.10 Å². The highest BCUT2D eigenvalue weighted by Crippen LogP contribution is 2.48. The van der Waals surface area contributed by atoms with E-state index in [2.05, 4.69) is 0 Å². The first-order valence-corrected chi connectivity index (χ1v) is 9.58. The average Bonchev–Trinajstić information content (AvgIpc) is 3.17. The Balaban J connectivity index is 1.59. The van der Waals surface area contributed by atoms with Crippen LogP contribution in [0, 0.1) is 11.2 Å². The van der Waals surface area contributed by atoms with E-state index in [1.165, 1.54) is 12.1 Å². The summed E-state index contributed by atoms with van der Waals surface area (Å²) in [4.78, 5) is 16.5. The Kier molecular flexibility index (Phi) is 4.20. The summed E-state index contributed by atoms with van der Waals surface area (Å²) in [7, 11) is 1.71. The van der Waals surface area contributed by atoms with Crippen molar-refractivity contribution in [2.45, 2.75) is 25.9 Å². The zero-order chi connectivity index (χ0) is 20.0. The predicted molar refractivity (Wildman–Crippen MR) is 103 cm³/mol. The quantitative estimate of drug-likeness (QED) is 0.597. The zero-order valence-electron chi connectivity index (χ0n) is 16.0. The number of cyclic esters (lactones) is 1. The topological polar surface area (TPSA) is 66.2 Å². The molecule has 1 saturated carbocycles. The smallest absolute Gasteiger partial charge is 0.338 e. The van der Waals surface area contributed by atoms with Gasteiger partial charge in [0.15, 0.2) is 11.6 Å². The standard InChI is InChI=1S/C22H20FN3O3/c1-28-13-22(7-8-22)11-19-24-20(26(25-19)17-4-2-3-16(23)10-17)14-5-6-18-15(9-14)12-29-21(18)27/h2-6,9-10H,7-8,11-13H2,1H3. The molecule has 0 saturated heterocycles. The third-order valence-electron chi connectivity index (χ3n) is 5.59. The first-order valence-electron chi connectivity index (χ1n) is 9.58. The minimum absolute atomic E-state index is 0.0956. The first kappa shape index (κ1) is 18.0. The van der Waals surface area contributed by atoms with E-state index >= 15 is 0 Å². The Labute approximate surface area is 167 Å². The van der Waals surface area contributed by atoms with Crippen LogP contribution in [0.4, 0.5) is 4.39 Å². The van der Waals surface area contributed by atoms with Crippen molar-refractivity contribution in [1.82, 2.24) is 14.8 Å². The highest BCUT2D eigenvalue weighted by molar-refractivity contribution is 5.94. The molecule has 1 aromatic heterocycles. The fraction of sp³-hybridized carbons (Fsp3) is 0.318. The van der Waals surface area contributed by atoms with Crippen LogP contribution in [0.15, 0.2) is 42.5 Å². The Morgan fingerprint density at radius 3 is 2.86 bits per heavy atom. The second kappa shape index (κ2) is 6.77. The van der Waals surface area contributed by atoms with E-state index in [0.717, 1.165) is 24.0 Å². The second-order valence-electron chi connectivity index (χ2n) is 7.80. The van der Waals surface area contributed by atoms with Crippen LogP contribution in [0.3, 0.4) is 0 Å². The molecule has 2 heterocycles. The number of esters is 1.